The van der Waals surface area contributed by atoms with Gasteiger partial charge in [-0.3, -0.25) is 14.5 Å². The summed E-state index contributed by atoms with van der Waals surface area (Å²) < 4.78 is 0. The average Bonchev–Trinajstić information content (AvgIpc) is 2.58. The van der Waals surface area contributed by atoms with Gasteiger partial charge in [0.1, 0.15) is 28.9 Å². The molecule has 1 aromatic rings. The van der Waals surface area contributed by atoms with E-state index in [4.69, 9.17) is 5.73 Å². The molecule has 1 saturated heterocycles. The van der Waals surface area contributed by atoms with Gasteiger partial charge >= 0.3 is 5.97 Å². The number of fused-ring (bicyclic) bond motifs is 1. The largest absolute Gasteiger partial charge is 0.508 e. The first-order valence-corrected chi connectivity index (χ1v) is 8.58. The van der Waals surface area contributed by atoms with Crippen LogP contribution in [0.5, 0.6) is 5.75 Å². The van der Waals surface area contributed by atoms with E-state index in [2.05, 4.69) is 5.32 Å². The fourth-order valence-corrected chi connectivity index (χ4v) is 4.14. The van der Waals surface area contributed by atoms with Gasteiger partial charge in [0.05, 0.1) is 0 Å². The fourth-order valence-electron chi connectivity index (χ4n) is 2.85. The maximum atomic E-state index is 12.3. The fraction of sp³-hybridized carbons (Fsp3) is 0.312. The van der Waals surface area contributed by atoms with E-state index in [9.17, 15) is 24.6 Å². The lowest BCUT2D eigenvalue weighted by molar-refractivity contribution is -0.150. The molecule has 0 aromatic heterocycles. The zero-order chi connectivity index (χ0) is 18.3. The summed E-state index contributed by atoms with van der Waals surface area (Å²) in [5.41, 5.74) is 7.00. The van der Waals surface area contributed by atoms with Gasteiger partial charge in [0.15, 0.2) is 0 Å². The standard InChI is InChI=1S/C16H17N3O5S.2H2O/c1-7-6-25-15-11(14(22)19(15)12(7)16(23)24)18-13(21)10(17)8-2-4-9(20)5-3-8;;/h2-5,10-11,15,20H,6,17H2,1H3,(H,18,21)(H,23,24);2*1H2/t10-,11-,15-;;/m1../s1. The molecule has 2 aliphatic heterocycles. The zero-order valence-electron chi connectivity index (χ0n) is 14.3. The van der Waals surface area contributed by atoms with Crippen LogP contribution in [0.1, 0.15) is 18.5 Å². The topological polar surface area (TPSA) is 196 Å². The number of aliphatic carboxylic acids is 1. The Morgan fingerprint density at radius 2 is 1.89 bits per heavy atom. The molecule has 0 radical (unpaired) electrons. The summed E-state index contributed by atoms with van der Waals surface area (Å²) in [7, 11) is 0. The van der Waals surface area contributed by atoms with Crippen LogP contribution in [-0.4, -0.2) is 61.0 Å². The highest BCUT2D eigenvalue weighted by Gasteiger charge is 2.53. The summed E-state index contributed by atoms with van der Waals surface area (Å²) in [4.78, 5) is 37.2. The molecule has 0 bridgehead atoms. The first-order chi connectivity index (χ1) is 11.8. The number of phenolic OH excluding ortho intramolecular Hbond substituents is 1. The number of benzene rings is 1. The molecule has 2 aliphatic rings. The van der Waals surface area contributed by atoms with Crippen molar-refractivity contribution in [2.24, 2.45) is 5.73 Å². The van der Waals surface area contributed by atoms with Crippen molar-refractivity contribution in [1.82, 2.24) is 10.2 Å². The summed E-state index contributed by atoms with van der Waals surface area (Å²) in [5, 5.41) is 20.7. The van der Waals surface area contributed by atoms with Crippen LogP contribution in [0, 0.1) is 0 Å². The minimum atomic E-state index is -1.15. The van der Waals surface area contributed by atoms with E-state index < -0.39 is 35.2 Å². The van der Waals surface area contributed by atoms with Crippen LogP contribution in [0.25, 0.3) is 0 Å². The number of amides is 2. The zero-order valence-corrected chi connectivity index (χ0v) is 15.1. The number of aromatic hydroxyl groups is 1. The van der Waals surface area contributed by atoms with E-state index in [0.717, 1.165) is 0 Å². The molecule has 0 spiro atoms. The molecule has 0 saturated carbocycles. The smallest absolute Gasteiger partial charge is 0.352 e. The van der Waals surface area contributed by atoms with Crippen molar-refractivity contribution in [3.8, 4) is 5.75 Å². The highest BCUT2D eigenvalue weighted by Crippen LogP contribution is 2.40. The molecular weight excluding hydrogens is 378 g/mol. The number of carbonyl (C=O) groups excluding carboxylic acids is 2. The summed E-state index contributed by atoms with van der Waals surface area (Å²) in [6.45, 7) is 1.67. The number of carbonyl (C=O) groups is 3. The van der Waals surface area contributed by atoms with Gasteiger partial charge in [0.2, 0.25) is 5.91 Å². The minimum Gasteiger partial charge on any atom is -0.508 e. The Kier molecular flexibility index (Phi) is 6.98. The Hall–Kier alpha value is -2.60. The summed E-state index contributed by atoms with van der Waals surface area (Å²) in [5.74, 6) is -1.61. The predicted molar refractivity (Wildman–Crippen MR) is 97.6 cm³/mol. The first-order valence-electron chi connectivity index (χ1n) is 7.54. The third-order valence-electron chi connectivity index (χ3n) is 4.19. The predicted octanol–water partition coefficient (Wildman–Crippen LogP) is -1.50. The number of phenols is 1. The molecular formula is C16H21N3O7S. The molecule has 2 heterocycles. The third-order valence-corrected chi connectivity index (χ3v) is 5.62. The number of hydrogen-bond acceptors (Lipinski definition) is 6. The van der Waals surface area contributed by atoms with Gasteiger partial charge in [0.25, 0.3) is 5.91 Å². The molecule has 3 atom stereocenters. The number of nitrogens with zero attached hydrogens (tertiary/aromatic N) is 1. The molecule has 1 fully saturated rings. The average molecular weight is 399 g/mol. The molecule has 0 unspecified atom stereocenters. The molecule has 9 N–H and O–H groups in total. The number of carboxylic acids is 1. The van der Waals surface area contributed by atoms with E-state index in [1.807, 2.05) is 0 Å². The lowest BCUT2D eigenvalue weighted by Gasteiger charge is -2.49. The monoisotopic (exact) mass is 399 g/mol. The Bertz CT molecular complexity index is 781. The third kappa shape index (κ3) is 3.90. The second-order valence-corrected chi connectivity index (χ2v) is 7.00. The molecule has 10 nitrogen and oxygen atoms in total. The number of nitrogens with one attached hydrogen (secondary N) is 1. The molecule has 0 aliphatic carbocycles. The number of carboxylic acid groups (broad SMARTS) is 1. The SMILES string of the molecule is CC1=C(C(=O)O)N2C(=O)[C@@H](NC(=O)[C@H](N)c3ccc(O)cc3)[C@H]2SC1.O.O. The van der Waals surface area contributed by atoms with Crippen molar-refractivity contribution in [2.45, 2.75) is 24.4 Å². The molecule has 27 heavy (non-hydrogen) atoms. The van der Waals surface area contributed by atoms with Crippen molar-refractivity contribution < 1.29 is 35.5 Å². The maximum Gasteiger partial charge on any atom is 0.352 e. The van der Waals surface area contributed by atoms with Crippen LogP contribution in [0.4, 0.5) is 0 Å². The Morgan fingerprint density at radius 3 is 2.44 bits per heavy atom. The van der Waals surface area contributed by atoms with Crippen molar-refractivity contribution >= 4 is 29.5 Å². The van der Waals surface area contributed by atoms with Crippen LogP contribution in [-0.2, 0) is 14.4 Å². The van der Waals surface area contributed by atoms with E-state index in [1.165, 1.54) is 40.9 Å². The summed E-state index contributed by atoms with van der Waals surface area (Å²) in [6.07, 6.45) is 0. The normalized spacial score (nSPS) is 21.9. The summed E-state index contributed by atoms with van der Waals surface area (Å²) in [6, 6.07) is 4.09. The second-order valence-electron chi connectivity index (χ2n) is 5.90. The van der Waals surface area contributed by atoms with Gasteiger partial charge in [-0.15, -0.1) is 11.8 Å². The van der Waals surface area contributed by atoms with E-state index in [0.29, 0.717) is 16.9 Å². The number of nitrogens with two attached hydrogens (primary N) is 1. The quantitative estimate of drug-likeness (QED) is 0.442. The molecule has 11 heteroatoms. The van der Waals surface area contributed by atoms with Crippen molar-refractivity contribution in [3.63, 3.8) is 0 Å². The number of rotatable bonds is 4. The van der Waals surface area contributed by atoms with Crippen LogP contribution < -0.4 is 11.1 Å². The number of β-lactam (4-membered cyclic amide) rings is 1. The highest BCUT2D eigenvalue weighted by atomic mass is 32.2. The van der Waals surface area contributed by atoms with Crippen LogP contribution in [0.15, 0.2) is 35.5 Å². The minimum absolute atomic E-state index is 0. The van der Waals surface area contributed by atoms with Crippen LogP contribution in [0.2, 0.25) is 0 Å². The maximum absolute atomic E-state index is 12.3. The molecule has 148 valence electrons. The van der Waals surface area contributed by atoms with Gasteiger partial charge in [-0.1, -0.05) is 12.1 Å². The van der Waals surface area contributed by atoms with Gasteiger partial charge in [0, 0.05) is 5.75 Å². The second kappa shape index (κ2) is 8.39. The lowest BCUT2D eigenvalue weighted by atomic mass is 10.0. The van der Waals surface area contributed by atoms with Gasteiger partial charge in [-0.05, 0) is 30.2 Å². The molecule has 1 aromatic carbocycles. The lowest BCUT2D eigenvalue weighted by Crippen LogP contribution is -2.71. The Labute approximate surface area is 158 Å². The molecule has 3 rings (SSSR count). The summed E-state index contributed by atoms with van der Waals surface area (Å²) >= 11 is 1.40. The van der Waals surface area contributed by atoms with Gasteiger partial charge < -0.3 is 32.2 Å². The van der Waals surface area contributed by atoms with Crippen molar-refractivity contribution in [2.75, 3.05) is 5.75 Å². The Morgan fingerprint density at radius 1 is 1.30 bits per heavy atom. The van der Waals surface area contributed by atoms with E-state index in [1.54, 1.807) is 6.92 Å². The van der Waals surface area contributed by atoms with E-state index in [-0.39, 0.29) is 22.4 Å². The van der Waals surface area contributed by atoms with Crippen molar-refractivity contribution in [3.05, 3.63) is 41.1 Å². The highest BCUT2D eigenvalue weighted by molar-refractivity contribution is 8.00. The van der Waals surface area contributed by atoms with Gasteiger partial charge in [-0.25, -0.2) is 4.79 Å². The van der Waals surface area contributed by atoms with Crippen molar-refractivity contribution in [1.29, 1.82) is 0 Å². The first kappa shape index (κ1) is 22.4. The van der Waals surface area contributed by atoms with Gasteiger partial charge in [-0.2, -0.15) is 0 Å². The molecule has 2 amide bonds. The number of hydrogen-bond donors (Lipinski definition) is 4. The van der Waals surface area contributed by atoms with Crippen LogP contribution in [0.3, 0.4) is 0 Å². The van der Waals surface area contributed by atoms with E-state index >= 15 is 0 Å². The van der Waals surface area contributed by atoms with Crippen LogP contribution >= 0.6 is 11.8 Å². The Balaban J connectivity index is 0.00000182. The number of thioether (sulfide) groups is 1.